The number of anilines is 2. The first-order chi connectivity index (χ1) is 18.3. The van der Waals surface area contributed by atoms with Crippen LogP contribution in [0.2, 0.25) is 0 Å². The van der Waals surface area contributed by atoms with Gasteiger partial charge in [-0.25, -0.2) is 14.3 Å². The Balaban J connectivity index is 1.37. The molecule has 0 atom stereocenters. The summed E-state index contributed by atoms with van der Waals surface area (Å²) in [5.41, 5.74) is 3.13. The van der Waals surface area contributed by atoms with Crippen molar-refractivity contribution in [2.24, 2.45) is 0 Å². The summed E-state index contributed by atoms with van der Waals surface area (Å²) in [6.07, 6.45) is 2.12. The van der Waals surface area contributed by atoms with E-state index < -0.39 is 0 Å². The van der Waals surface area contributed by atoms with E-state index in [9.17, 15) is 9.59 Å². The van der Waals surface area contributed by atoms with Crippen LogP contribution in [0.3, 0.4) is 0 Å². The molecule has 5 rings (SSSR count). The summed E-state index contributed by atoms with van der Waals surface area (Å²) in [6.45, 7) is 8.30. The molecule has 3 N–H and O–H groups in total. The van der Waals surface area contributed by atoms with Crippen LogP contribution in [-0.4, -0.2) is 39.8 Å². The van der Waals surface area contributed by atoms with Crippen molar-refractivity contribution in [3.05, 3.63) is 84.1 Å². The van der Waals surface area contributed by atoms with Crippen LogP contribution in [0, 0.1) is 0 Å². The van der Waals surface area contributed by atoms with Crippen LogP contribution in [-0.2, 0) is 12.0 Å². The van der Waals surface area contributed by atoms with E-state index in [-0.39, 0.29) is 17.5 Å². The number of nitrogens with one attached hydrogen (secondary N) is 3. The summed E-state index contributed by atoms with van der Waals surface area (Å²) in [4.78, 5) is 27.4. The number of hydrogen-bond donors (Lipinski definition) is 3. The van der Waals surface area contributed by atoms with Gasteiger partial charge in [-0.1, -0.05) is 69.3 Å². The van der Waals surface area contributed by atoms with E-state index in [0.717, 1.165) is 59.3 Å². The van der Waals surface area contributed by atoms with Crippen molar-refractivity contribution < 1.29 is 9.59 Å². The number of nitrogens with zero attached hydrogens (tertiary/aromatic N) is 3. The third-order valence-corrected chi connectivity index (χ3v) is 6.75. The highest BCUT2D eigenvalue weighted by molar-refractivity contribution is 6.06. The number of benzene rings is 3. The molecular formula is C30H34N6O2. The van der Waals surface area contributed by atoms with Gasteiger partial charge in [-0.15, -0.1) is 0 Å². The first-order valence-corrected chi connectivity index (χ1v) is 13.1. The quantitative estimate of drug-likeness (QED) is 0.295. The molecule has 0 bridgehead atoms. The Morgan fingerprint density at radius 3 is 2.42 bits per heavy atom. The summed E-state index contributed by atoms with van der Waals surface area (Å²) in [5, 5.41) is 15.9. The summed E-state index contributed by atoms with van der Waals surface area (Å²) in [6, 6.07) is 23.1. The van der Waals surface area contributed by atoms with Gasteiger partial charge >= 0.3 is 12.1 Å². The first kappa shape index (κ1) is 25.3. The largest absolute Gasteiger partial charge is 0.334 e. The molecule has 1 fully saturated rings. The molecule has 8 nitrogen and oxygen atoms in total. The lowest BCUT2D eigenvalue weighted by molar-refractivity contribution is 0.208. The maximum absolute atomic E-state index is 13.1. The van der Waals surface area contributed by atoms with Crippen molar-refractivity contribution in [3.8, 4) is 5.69 Å². The van der Waals surface area contributed by atoms with Crippen LogP contribution in [0.25, 0.3) is 16.5 Å². The number of aromatic nitrogens is 2. The molecule has 2 heterocycles. The Labute approximate surface area is 223 Å². The molecule has 1 aliphatic rings. The van der Waals surface area contributed by atoms with Gasteiger partial charge in [0.2, 0.25) is 0 Å². The highest BCUT2D eigenvalue weighted by Crippen LogP contribution is 2.28. The van der Waals surface area contributed by atoms with Gasteiger partial charge in [-0.05, 0) is 42.0 Å². The molecule has 0 saturated carbocycles. The zero-order valence-electron chi connectivity index (χ0n) is 22.1. The van der Waals surface area contributed by atoms with Crippen LogP contribution in [0.4, 0.5) is 21.1 Å². The number of amides is 4. The van der Waals surface area contributed by atoms with Crippen LogP contribution < -0.4 is 16.0 Å². The van der Waals surface area contributed by atoms with Crippen molar-refractivity contribution in [2.45, 2.75) is 45.6 Å². The minimum atomic E-state index is -0.350. The van der Waals surface area contributed by atoms with Gasteiger partial charge < -0.3 is 15.5 Å². The molecule has 0 aliphatic carbocycles. The van der Waals surface area contributed by atoms with E-state index >= 15 is 0 Å². The number of rotatable bonds is 5. The lowest BCUT2D eigenvalue weighted by Gasteiger charge is -2.16. The number of hydrogen-bond acceptors (Lipinski definition) is 3. The molecule has 8 heteroatoms. The fraction of sp³-hybridized carbons (Fsp3) is 0.300. The lowest BCUT2D eigenvalue weighted by Crippen LogP contribution is -2.37. The molecule has 3 aromatic carbocycles. The SMILES string of the molecule is CC(C)(C)c1cc(NC(=O)Nc2cccc3ccccc23)n(-c2cccc(CNC(=O)N3CCCC3)c2)n1. The average Bonchev–Trinajstić information content (AvgIpc) is 3.58. The predicted molar refractivity (Wildman–Crippen MR) is 152 cm³/mol. The second-order valence-corrected chi connectivity index (χ2v) is 10.7. The van der Waals surface area contributed by atoms with Crippen LogP contribution >= 0.6 is 0 Å². The Bertz CT molecular complexity index is 1460. The summed E-state index contributed by atoms with van der Waals surface area (Å²) in [7, 11) is 0. The molecule has 196 valence electrons. The Hall–Kier alpha value is -4.33. The second kappa shape index (κ2) is 10.6. The number of urea groups is 2. The van der Waals surface area contributed by atoms with Gasteiger partial charge in [-0.2, -0.15) is 5.10 Å². The Kier molecular flexibility index (Phi) is 7.05. The fourth-order valence-electron chi connectivity index (χ4n) is 4.65. The monoisotopic (exact) mass is 510 g/mol. The van der Waals surface area contributed by atoms with E-state index in [1.807, 2.05) is 77.7 Å². The van der Waals surface area contributed by atoms with E-state index in [1.54, 1.807) is 4.68 Å². The lowest BCUT2D eigenvalue weighted by atomic mass is 9.92. The number of carbonyl (C=O) groups excluding carboxylic acids is 2. The Morgan fingerprint density at radius 1 is 0.895 bits per heavy atom. The smallest absolute Gasteiger partial charge is 0.324 e. The predicted octanol–water partition coefficient (Wildman–Crippen LogP) is 6.27. The number of fused-ring (bicyclic) bond motifs is 1. The van der Waals surface area contributed by atoms with E-state index in [4.69, 9.17) is 5.10 Å². The van der Waals surface area contributed by atoms with Crippen molar-refractivity contribution in [3.63, 3.8) is 0 Å². The number of likely N-dealkylation sites (tertiary alicyclic amines) is 1. The molecule has 1 saturated heterocycles. The topological polar surface area (TPSA) is 91.3 Å². The average molecular weight is 511 g/mol. The standard InChI is InChI=1S/C30H34N6O2/c1-30(2,3)26-19-27(33-28(37)32-25-15-9-12-22-11-4-5-14-24(22)25)36(34-26)23-13-8-10-21(18-23)20-31-29(38)35-16-6-7-17-35/h4-5,8-15,18-19H,6-7,16-17,20H2,1-3H3,(H,31,38)(H2,32,33,37). The summed E-state index contributed by atoms with van der Waals surface area (Å²) < 4.78 is 1.75. The van der Waals surface area contributed by atoms with E-state index in [0.29, 0.717) is 12.4 Å². The Morgan fingerprint density at radius 2 is 1.63 bits per heavy atom. The fourth-order valence-corrected chi connectivity index (χ4v) is 4.65. The summed E-state index contributed by atoms with van der Waals surface area (Å²) in [5.74, 6) is 0.561. The van der Waals surface area contributed by atoms with Gasteiger partial charge in [0.1, 0.15) is 5.82 Å². The van der Waals surface area contributed by atoms with E-state index in [2.05, 4.69) is 36.7 Å². The maximum Gasteiger partial charge on any atom is 0.324 e. The van der Waals surface area contributed by atoms with Gasteiger partial charge in [0.25, 0.3) is 0 Å². The molecule has 1 aliphatic heterocycles. The molecule has 0 unspecified atom stereocenters. The summed E-state index contributed by atoms with van der Waals surface area (Å²) >= 11 is 0. The normalized spacial score (nSPS) is 13.5. The zero-order valence-corrected chi connectivity index (χ0v) is 22.1. The molecule has 1 aromatic heterocycles. The molecule has 4 amide bonds. The highest BCUT2D eigenvalue weighted by Gasteiger charge is 2.22. The van der Waals surface area contributed by atoms with Gasteiger partial charge in [0.05, 0.1) is 17.1 Å². The van der Waals surface area contributed by atoms with Crippen molar-refractivity contribution in [2.75, 3.05) is 23.7 Å². The zero-order chi connectivity index (χ0) is 26.7. The van der Waals surface area contributed by atoms with Gasteiger partial charge in [-0.3, -0.25) is 5.32 Å². The third kappa shape index (κ3) is 5.64. The number of carbonyl (C=O) groups is 2. The van der Waals surface area contributed by atoms with Crippen molar-refractivity contribution in [1.82, 2.24) is 20.0 Å². The minimum Gasteiger partial charge on any atom is -0.334 e. The maximum atomic E-state index is 13.1. The minimum absolute atomic E-state index is 0.0329. The molecule has 0 radical (unpaired) electrons. The van der Waals surface area contributed by atoms with E-state index in [1.165, 1.54) is 0 Å². The van der Waals surface area contributed by atoms with Gasteiger partial charge in [0, 0.05) is 36.5 Å². The van der Waals surface area contributed by atoms with Crippen LogP contribution in [0.1, 0.15) is 44.9 Å². The van der Waals surface area contributed by atoms with Gasteiger partial charge in [0.15, 0.2) is 0 Å². The third-order valence-electron chi connectivity index (χ3n) is 6.75. The van der Waals surface area contributed by atoms with Crippen LogP contribution in [0.15, 0.2) is 72.8 Å². The molecule has 4 aromatic rings. The molecule has 38 heavy (non-hydrogen) atoms. The van der Waals surface area contributed by atoms with Crippen molar-refractivity contribution in [1.29, 1.82) is 0 Å². The van der Waals surface area contributed by atoms with Crippen LogP contribution in [0.5, 0.6) is 0 Å². The first-order valence-electron chi connectivity index (χ1n) is 13.1. The van der Waals surface area contributed by atoms with Crippen molar-refractivity contribution >= 4 is 34.3 Å². The molecule has 0 spiro atoms. The second-order valence-electron chi connectivity index (χ2n) is 10.7. The highest BCUT2D eigenvalue weighted by atomic mass is 16.2. The molecular weight excluding hydrogens is 476 g/mol.